The fraction of sp³-hybridized carbons (Fsp3) is 0.231. The third-order valence-electron chi connectivity index (χ3n) is 3.13. The molecule has 0 unspecified atom stereocenters. The fourth-order valence-corrected chi connectivity index (χ4v) is 3.38. The molecule has 0 spiro atoms. The zero-order valence-electron chi connectivity index (χ0n) is 12.0. The smallest absolute Gasteiger partial charge is 0.335 e. The number of sulfonamides is 1. The molecule has 0 fully saturated rings. The summed E-state index contributed by atoms with van der Waals surface area (Å²) in [4.78, 5) is 10.2. The Bertz CT molecular complexity index is 825. The summed E-state index contributed by atoms with van der Waals surface area (Å²) in [6.07, 6.45) is 0. The van der Waals surface area contributed by atoms with E-state index in [1.54, 1.807) is 6.92 Å². The van der Waals surface area contributed by atoms with E-state index in [9.17, 15) is 17.6 Å². The Balaban J connectivity index is 2.54. The topological polar surface area (TPSA) is 101 Å². The molecule has 22 heavy (non-hydrogen) atoms. The van der Waals surface area contributed by atoms with Crippen LogP contribution in [0.4, 0.5) is 10.1 Å². The molecule has 7 nitrogen and oxygen atoms in total. The number of carboxylic acids is 1. The molecule has 0 bridgehead atoms. The lowest BCUT2D eigenvalue weighted by atomic mass is 10.2. The summed E-state index contributed by atoms with van der Waals surface area (Å²) < 4.78 is 44.8. The van der Waals surface area contributed by atoms with E-state index in [1.807, 2.05) is 0 Å². The number of aromatic nitrogens is 1. The minimum atomic E-state index is -4.21. The molecule has 1 N–H and O–H groups in total. The van der Waals surface area contributed by atoms with E-state index in [1.165, 1.54) is 14.0 Å². The van der Waals surface area contributed by atoms with Crippen molar-refractivity contribution in [2.24, 2.45) is 0 Å². The predicted molar refractivity (Wildman–Crippen MR) is 74.9 cm³/mol. The second-order valence-electron chi connectivity index (χ2n) is 4.60. The first-order valence-electron chi connectivity index (χ1n) is 6.11. The molecule has 9 heteroatoms. The van der Waals surface area contributed by atoms with Crippen molar-refractivity contribution in [2.75, 3.05) is 11.4 Å². The molecular formula is C13H13FN2O5S. The van der Waals surface area contributed by atoms with Crippen LogP contribution >= 0.6 is 0 Å². The summed E-state index contributed by atoms with van der Waals surface area (Å²) in [5.74, 6) is -2.22. The lowest BCUT2D eigenvalue weighted by molar-refractivity contribution is 0.0696. The van der Waals surface area contributed by atoms with E-state index in [-0.39, 0.29) is 17.0 Å². The molecule has 2 rings (SSSR count). The van der Waals surface area contributed by atoms with Crippen LogP contribution in [0.15, 0.2) is 27.6 Å². The molecule has 0 saturated heterocycles. The van der Waals surface area contributed by atoms with Gasteiger partial charge in [-0.2, -0.15) is 0 Å². The van der Waals surface area contributed by atoms with Gasteiger partial charge in [0.15, 0.2) is 5.76 Å². The van der Waals surface area contributed by atoms with Gasteiger partial charge in [-0.15, -0.1) is 0 Å². The van der Waals surface area contributed by atoms with Crippen LogP contribution in [0.2, 0.25) is 0 Å². The van der Waals surface area contributed by atoms with Gasteiger partial charge in [0.1, 0.15) is 22.1 Å². The molecule has 0 aliphatic heterocycles. The number of hydrogen-bond acceptors (Lipinski definition) is 5. The molecule has 1 heterocycles. The van der Waals surface area contributed by atoms with Gasteiger partial charge in [0.2, 0.25) is 0 Å². The summed E-state index contributed by atoms with van der Waals surface area (Å²) in [5.41, 5.74) is 0.212. The van der Waals surface area contributed by atoms with Crippen molar-refractivity contribution < 1.29 is 27.2 Å². The van der Waals surface area contributed by atoms with Crippen LogP contribution in [-0.4, -0.2) is 31.7 Å². The van der Waals surface area contributed by atoms with Gasteiger partial charge in [-0.05, 0) is 32.0 Å². The monoisotopic (exact) mass is 328 g/mol. The van der Waals surface area contributed by atoms with E-state index < -0.39 is 26.7 Å². The molecule has 0 saturated carbocycles. The van der Waals surface area contributed by atoms with Crippen molar-refractivity contribution in [1.29, 1.82) is 0 Å². The Kier molecular flexibility index (Phi) is 3.92. The number of carboxylic acid groups (broad SMARTS) is 1. The third kappa shape index (κ3) is 2.54. The van der Waals surface area contributed by atoms with Crippen LogP contribution in [0.25, 0.3) is 0 Å². The summed E-state index contributed by atoms with van der Waals surface area (Å²) in [6, 6.07) is 2.61. The second kappa shape index (κ2) is 5.41. The number of anilines is 1. The number of benzene rings is 1. The fourth-order valence-electron chi connectivity index (χ4n) is 2.04. The van der Waals surface area contributed by atoms with Crippen molar-refractivity contribution in [1.82, 2.24) is 5.16 Å². The first-order valence-corrected chi connectivity index (χ1v) is 7.55. The molecule has 0 aliphatic rings. The number of aryl methyl sites for hydroxylation is 2. The minimum Gasteiger partial charge on any atom is -0.478 e. The number of carbonyl (C=O) groups is 1. The van der Waals surface area contributed by atoms with Crippen molar-refractivity contribution in [3.05, 3.63) is 41.0 Å². The van der Waals surface area contributed by atoms with Crippen molar-refractivity contribution >= 4 is 21.7 Å². The maximum absolute atomic E-state index is 14.0. The average Bonchev–Trinajstić information content (AvgIpc) is 2.76. The lowest BCUT2D eigenvalue weighted by Crippen LogP contribution is -2.28. The van der Waals surface area contributed by atoms with Gasteiger partial charge in [0.05, 0.1) is 5.56 Å². The van der Waals surface area contributed by atoms with Crippen LogP contribution in [0, 0.1) is 19.7 Å². The zero-order chi connectivity index (χ0) is 16.7. The molecule has 0 atom stereocenters. The number of aromatic carboxylic acids is 1. The number of hydrogen-bond donors (Lipinski definition) is 1. The van der Waals surface area contributed by atoms with E-state index >= 15 is 0 Å². The Morgan fingerprint density at radius 1 is 1.36 bits per heavy atom. The first kappa shape index (κ1) is 16.0. The van der Waals surface area contributed by atoms with Crippen molar-refractivity contribution in [3.63, 3.8) is 0 Å². The van der Waals surface area contributed by atoms with Gasteiger partial charge in [-0.25, -0.2) is 17.6 Å². The summed E-state index contributed by atoms with van der Waals surface area (Å²) in [6.45, 7) is 3.09. The van der Waals surface area contributed by atoms with E-state index in [2.05, 4.69) is 5.16 Å². The largest absolute Gasteiger partial charge is 0.478 e. The van der Waals surface area contributed by atoms with Gasteiger partial charge in [0.25, 0.3) is 10.0 Å². The Morgan fingerprint density at radius 3 is 2.45 bits per heavy atom. The first-order chi connectivity index (χ1) is 10.2. The maximum Gasteiger partial charge on any atom is 0.335 e. The number of rotatable bonds is 4. The van der Waals surface area contributed by atoms with Gasteiger partial charge in [-0.1, -0.05) is 5.16 Å². The molecule has 118 valence electrons. The maximum atomic E-state index is 14.0. The highest BCUT2D eigenvalue weighted by molar-refractivity contribution is 7.92. The van der Waals surface area contributed by atoms with Gasteiger partial charge in [0, 0.05) is 7.05 Å². The van der Waals surface area contributed by atoms with Crippen molar-refractivity contribution in [3.8, 4) is 0 Å². The summed E-state index contributed by atoms with van der Waals surface area (Å²) >= 11 is 0. The highest BCUT2D eigenvalue weighted by atomic mass is 32.2. The summed E-state index contributed by atoms with van der Waals surface area (Å²) in [5, 5.41) is 12.4. The summed E-state index contributed by atoms with van der Waals surface area (Å²) in [7, 11) is -2.97. The lowest BCUT2D eigenvalue weighted by Gasteiger charge is -2.19. The Morgan fingerprint density at radius 2 is 2.00 bits per heavy atom. The van der Waals surface area contributed by atoms with Gasteiger partial charge in [-0.3, -0.25) is 4.31 Å². The second-order valence-corrected chi connectivity index (χ2v) is 6.53. The zero-order valence-corrected chi connectivity index (χ0v) is 12.8. The van der Waals surface area contributed by atoms with Crippen molar-refractivity contribution in [2.45, 2.75) is 18.7 Å². The van der Waals surface area contributed by atoms with Crippen LogP contribution in [-0.2, 0) is 10.0 Å². The van der Waals surface area contributed by atoms with Gasteiger partial charge < -0.3 is 9.63 Å². The number of nitrogens with zero attached hydrogens (tertiary/aromatic N) is 2. The molecule has 0 aliphatic carbocycles. The van der Waals surface area contributed by atoms with Crippen LogP contribution < -0.4 is 4.31 Å². The molecule has 1 aromatic carbocycles. The Hall–Kier alpha value is -2.42. The van der Waals surface area contributed by atoms with E-state index in [0.29, 0.717) is 11.8 Å². The molecule has 0 radical (unpaired) electrons. The quantitative estimate of drug-likeness (QED) is 0.920. The molecule has 2 aromatic rings. The Labute approximate surface area is 126 Å². The van der Waals surface area contributed by atoms with Gasteiger partial charge >= 0.3 is 5.97 Å². The third-order valence-corrected chi connectivity index (χ3v) is 4.92. The van der Waals surface area contributed by atoms with Crippen LogP contribution in [0.1, 0.15) is 21.8 Å². The molecule has 1 aromatic heterocycles. The standard InChI is InChI=1S/C13H13FN2O5S/c1-7-12(8(2)21-15-7)16(3)22(19,20)11-5-4-9(13(17)18)6-10(11)14/h4-6H,1-3H3,(H,17,18). The highest BCUT2D eigenvalue weighted by Gasteiger charge is 2.29. The highest BCUT2D eigenvalue weighted by Crippen LogP contribution is 2.29. The SMILES string of the molecule is Cc1noc(C)c1N(C)S(=O)(=O)c1ccc(C(=O)O)cc1F. The predicted octanol–water partition coefficient (Wildman–Crippen LogP) is 1.95. The van der Waals surface area contributed by atoms with Crippen LogP contribution in [0.5, 0.6) is 0 Å². The number of halogens is 1. The van der Waals surface area contributed by atoms with E-state index in [4.69, 9.17) is 9.63 Å². The minimum absolute atomic E-state index is 0.210. The van der Waals surface area contributed by atoms with E-state index in [0.717, 1.165) is 16.4 Å². The molecular weight excluding hydrogens is 315 g/mol. The normalized spacial score (nSPS) is 11.5. The average molecular weight is 328 g/mol. The molecule has 0 amide bonds. The van der Waals surface area contributed by atoms with Crippen LogP contribution in [0.3, 0.4) is 0 Å².